The second-order valence-corrected chi connectivity index (χ2v) is 6.75. The van der Waals surface area contributed by atoms with Gasteiger partial charge in [-0.15, -0.1) is 0 Å². The van der Waals surface area contributed by atoms with Crippen molar-refractivity contribution in [1.29, 1.82) is 0 Å². The highest BCUT2D eigenvalue weighted by molar-refractivity contribution is 7.07. The Labute approximate surface area is 148 Å². The normalized spacial score (nSPS) is 16.2. The highest BCUT2D eigenvalue weighted by atomic mass is 32.1. The van der Waals surface area contributed by atoms with Crippen molar-refractivity contribution in [2.75, 3.05) is 26.7 Å². The van der Waals surface area contributed by atoms with E-state index in [4.69, 9.17) is 4.74 Å². The molecule has 0 bridgehead atoms. The molecule has 0 spiro atoms. The Balaban J connectivity index is 1.42. The lowest BCUT2D eigenvalue weighted by atomic mass is 10.1. The number of rotatable bonds is 5. The fourth-order valence-electron chi connectivity index (χ4n) is 2.96. The summed E-state index contributed by atoms with van der Waals surface area (Å²) in [6, 6.07) is 12.3. The van der Waals surface area contributed by atoms with Crippen molar-refractivity contribution in [3.05, 3.63) is 52.7 Å². The predicted octanol–water partition coefficient (Wildman–Crippen LogP) is 3.41. The van der Waals surface area contributed by atoms with Crippen LogP contribution in [-0.4, -0.2) is 43.6 Å². The third-order valence-electron chi connectivity index (χ3n) is 4.28. The Morgan fingerprint density at radius 1 is 1.25 bits per heavy atom. The fraction of sp³-hybridized carbons (Fsp3) is 0.421. The first kappa shape index (κ1) is 16.8. The van der Waals surface area contributed by atoms with Crippen molar-refractivity contribution in [3.8, 4) is 5.75 Å². The number of nitrogens with one attached hydrogen (secondary N) is 1. The van der Waals surface area contributed by atoms with Gasteiger partial charge in [-0.05, 0) is 40.9 Å². The third-order valence-corrected chi connectivity index (χ3v) is 5.01. The van der Waals surface area contributed by atoms with Crippen LogP contribution in [0.25, 0.3) is 0 Å². The fourth-order valence-corrected chi connectivity index (χ4v) is 3.67. The zero-order valence-electron chi connectivity index (χ0n) is 14.1. The molecule has 128 valence electrons. The summed E-state index contributed by atoms with van der Waals surface area (Å²) in [4.78, 5) is 6.76. The minimum absolute atomic E-state index is 0.299. The van der Waals surface area contributed by atoms with Crippen LogP contribution in [0.4, 0.5) is 0 Å². The van der Waals surface area contributed by atoms with E-state index in [1.54, 1.807) is 11.3 Å². The van der Waals surface area contributed by atoms with Gasteiger partial charge in [-0.1, -0.05) is 18.2 Å². The highest BCUT2D eigenvalue weighted by Crippen LogP contribution is 2.18. The van der Waals surface area contributed by atoms with Gasteiger partial charge in [0.25, 0.3) is 0 Å². The van der Waals surface area contributed by atoms with Crippen molar-refractivity contribution in [1.82, 2.24) is 10.2 Å². The van der Waals surface area contributed by atoms with Crippen LogP contribution in [0.1, 0.15) is 18.4 Å². The van der Waals surface area contributed by atoms with E-state index in [0.717, 1.165) is 50.6 Å². The average Bonchev–Trinajstić information content (AvgIpc) is 3.14. The molecule has 0 amide bonds. The molecule has 1 saturated heterocycles. The first-order chi connectivity index (χ1) is 11.8. The summed E-state index contributed by atoms with van der Waals surface area (Å²) in [6.07, 6.45) is 3.39. The average molecular weight is 343 g/mol. The van der Waals surface area contributed by atoms with E-state index in [1.807, 2.05) is 37.4 Å². The number of benzene rings is 1. The Morgan fingerprint density at radius 3 is 2.71 bits per heavy atom. The molecule has 2 heterocycles. The van der Waals surface area contributed by atoms with E-state index < -0.39 is 0 Å². The number of nitrogens with zero attached hydrogens (tertiary/aromatic N) is 2. The molecule has 1 aromatic carbocycles. The van der Waals surface area contributed by atoms with E-state index in [2.05, 4.69) is 32.0 Å². The largest absolute Gasteiger partial charge is 0.490 e. The molecule has 1 aromatic heterocycles. The van der Waals surface area contributed by atoms with Gasteiger partial charge in [0.05, 0.1) is 0 Å². The van der Waals surface area contributed by atoms with Crippen LogP contribution in [0, 0.1) is 0 Å². The molecular formula is C19H25N3OS. The molecule has 0 saturated carbocycles. The number of piperidine rings is 1. The number of para-hydroxylation sites is 1. The van der Waals surface area contributed by atoms with E-state index in [1.165, 1.54) is 5.56 Å². The van der Waals surface area contributed by atoms with Gasteiger partial charge in [0, 0.05) is 39.5 Å². The molecule has 1 N–H and O–H groups in total. The van der Waals surface area contributed by atoms with E-state index in [0.29, 0.717) is 6.10 Å². The smallest absolute Gasteiger partial charge is 0.193 e. The molecular weight excluding hydrogens is 318 g/mol. The summed E-state index contributed by atoms with van der Waals surface area (Å²) in [6.45, 7) is 2.88. The third kappa shape index (κ3) is 4.74. The zero-order valence-corrected chi connectivity index (χ0v) is 15.0. The van der Waals surface area contributed by atoms with Gasteiger partial charge in [0.1, 0.15) is 11.9 Å². The van der Waals surface area contributed by atoms with Gasteiger partial charge in [-0.2, -0.15) is 11.3 Å². The van der Waals surface area contributed by atoms with Gasteiger partial charge in [0.2, 0.25) is 0 Å². The summed E-state index contributed by atoms with van der Waals surface area (Å²) in [5, 5.41) is 7.81. The van der Waals surface area contributed by atoms with Gasteiger partial charge in [-0.3, -0.25) is 4.99 Å². The summed E-state index contributed by atoms with van der Waals surface area (Å²) in [7, 11) is 1.86. The Hall–Kier alpha value is -2.01. The van der Waals surface area contributed by atoms with Crippen molar-refractivity contribution in [2.24, 2.45) is 4.99 Å². The molecule has 1 aliphatic rings. The molecule has 0 unspecified atom stereocenters. The number of hydrogen-bond donors (Lipinski definition) is 1. The first-order valence-electron chi connectivity index (χ1n) is 8.53. The summed E-state index contributed by atoms with van der Waals surface area (Å²) >= 11 is 1.75. The molecule has 1 aliphatic heterocycles. The molecule has 4 nitrogen and oxygen atoms in total. The first-order valence-corrected chi connectivity index (χ1v) is 9.48. The molecule has 0 atom stereocenters. The zero-order chi connectivity index (χ0) is 16.6. The van der Waals surface area contributed by atoms with Gasteiger partial charge >= 0.3 is 0 Å². The second-order valence-electron chi connectivity index (χ2n) is 5.97. The highest BCUT2D eigenvalue weighted by Gasteiger charge is 2.22. The maximum absolute atomic E-state index is 6.06. The van der Waals surface area contributed by atoms with Crippen LogP contribution in [-0.2, 0) is 6.42 Å². The van der Waals surface area contributed by atoms with Gasteiger partial charge in [-0.25, -0.2) is 0 Å². The lowest BCUT2D eigenvalue weighted by Crippen LogP contribution is -2.47. The van der Waals surface area contributed by atoms with Crippen molar-refractivity contribution in [2.45, 2.75) is 25.4 Å². The van der Waals surface area contributed by atoms with Crippen molar-refractivity contribution in [3.63, 3.8) is 0 Å². The second kappa shape index (κ2) is 8.73. The number of hydrogen-bond acceptors (Lipinski definition) is 3. The SMILES string of the molecule is CN=C(NCCc1ccsc1)N1CCC(Oc2ccccc2)CC1. The Bertz CT molecular complexity index is 619. The number of aliphatic imine (C=N–C) groups is 1. The van der Waals surface area contributed by atoms with Crippen LogP contribution < -0.4 is 10.1 Å². The molecule has 1 fully saturated rings. The topological polar surface area (TPSA) is 36.9 Å². The van der Waals surface area contributed by atoms with Crippen molar-refractivity contribution < 1.29 is 4.74 Å². The molecule has 0 radical (unpaired) electrons. The Kier molecular flexibility index (Phi) is 6.13. The van der Waals surface area contributed by atoms with E-state index in [-0.39, 0.29) is 0 Å². The summed E-state index contributed by atoms with van der Waals surface area (Å²) < 4.78 is 6.06. The number of likely N-dealkylation sites (tertiary alicyclic amines) is 1. The minimum atomic E-state index is 0.299. The predicted molar refractivity (Wildman–Crippen MR) is 101 cm³/mol. The molecule has 5 heteroatoms. The van der Waals surface area contributed by atoms with Gasteiger partial charge in [0.15, 0.2) is 5.96 Å². The standard InChI is InChI=1S/C19H25N3OS/c1-20-19(21-11-7-16-10-14-24-15-16)22-12-8-18(9-13-22)23-17-5-3-2-4-6-17/h2-6,10,14-15,18H,7-9,11-13H2,1H3,(H,20,21). The summed E-state index contributed by atoms with van der Waals surface area (Å²) in [5.41, 5.74) is 1.39. The maximum atomic E-state index is 6.06. The lowest BCUT2D eigenvalue weighted by molar-refractivity contribution is 0.129. The molecule has 2 aromatic rings. The maximum Gasteiger partial charge on any atom is 0.193 e. The molecule has 3 rings (SSSR count). The lowest BCUT2D eigenvalue weighted by Gasteiger charge is -2.34. The molecule has 0 aliphatic carbocycles. The number of guanidine groups is 1. The van der Waals surface area contributed by atoms with Crippen molar-refractivity contribution >= 4 is 17.3 Å². The Morgan fingerprint density at radius 2 is 2.04 bits per heavy atom. The minimum Gasteiger partial charge on any atom is -0.490 e. The van der Waals surface area contributed by atoms with Crippen LogP contribution in [0.3, 0.4) is 0 Å². The van der Waals surface area contributed by atoms with Crippen LogP contribution in [0.15, 0.2) is 52.2 Å². The number of thiophene rings is 1. The molecule has 24 heavy (non-hydrogen) atoms. The van der Waals surface area contributed by atoms with E-state index >= 15 is 0 Å². The quantitative estimate of drug-likeness (QED) is 0.668. The number of ether oxygens (including phenoxy) is 1. The summed E-state index contributed by atoms with van der Waals surface area (Å²) in [5.74, 6) is 1.97. The van der Waals surface area contributed by atoms with Gasteiger partial charge < -0.3 is 15.0 Å². The monoisotopic (exact) mass is 343 g/mol. The van der Waals surface area contributed by atoms with Crippen LogP contribution >= 0.6 is 11.3 Å². The van der Waals surface area contributed by atoms with Crippen LogP contribution in [0.2, 0.25) is 0 Å². The van der Waals surface area contributed by atoms with E-state index in [9.17, 15) is 0 Å². The van der Waals surface area contributed by atoms with Crippen LogP contribution in [0.5, 0.6) is 5.75 Å².